The number of fused-ring (bicyclic) bond motifs is 8. The maximum absolute atomic E-state index is 12.6. The van der Waals surface area contributed by atoms with Gasteiger partial charge in [0, 0.05) is 12.3 Å². The minimum atomic E-state index is -0.0404. The largest absolute Gasteiger partial charge is 0.393 e. The highest BCUT2D eigenvalue weighted by Gasteiger charge is 2.64. The predicted molar refractivity (Wildman–Crippen MR) is 193 cm³/mol. The van der Waals surface area contributed by atoms with E-state index in [4.69, 9.17) is 0 Å². The fourth-order valence-electron chi connectivity index (χ4n) is 17.7. The van der Waals surface area contributed by atoms with E-state index in [2.05, 4.69) is 20.4 Å². The van der Waals surface area contributed by atoms with Gasteiger partial charge in [-0.05, 0) is 223 Å². The minimum Gasteiger partial charge on any atom is -0.393 e. The van der Waals surface area contributed by atoms with Crippen molar-refractivity contribution < 1.29 is 15.0 Å². The number of aliphatic hydroxyl groups excluding tert-OH is 2. The molecule has 10 saturated carbocycles. The summed E-state index contributed by atoms with van der Waals surface area (Å²) in [4.78, 5) is 12.6. The van der Waals surface area contributed by atoms with E-state index in [9.17, 15) is 15.0 Å². The Morgan fingerprint density at radius 1 is 0.542 bits per heavy atom. The second kappa shape index (κ2) is 11.9. The van der Waals surface area contributed by atoms with Gasteiger partial charge in [-0.2, -0.15) is 0 Å². The Kier molecular flexibility index (Phi) is 8.25. The lowest BCUT2D eigenvalue weighted by Crippen LogP contribution is -2.55. The van der Waals surface area contributed by atoms with Crippen molar-refractivity contribution in [3.8, 4) is 0 Å². The lowest BCUT2D eigenvalue weighted by Gasteiger charge is -2.62. The average molecular weight is 659 g/mol. The molecule has 0 amide bonds. The third-order valence-electron chi connectivity index (χ3n) is 19.8. The summed E-state index contributed by atoms with van der Waals surface area (Å²) >= 11 is 0. The highest BCUT2D eigenvalue weighted by molar-refractivity contribution is 5.83. The summed E-state index contributed by atoms with van der Waals surface area (Å²) in [6.07, 6.45) is 31.0. The Morgan fingerprint density at radius 3 is 1.60 bits per heavy atom. The quantitative estimate of drug-likeness (QED) is 0.255. The molecule has 268 valence electrons. The molecule has 0 bridgehead atoms. The van der Waals surface area contributed by atoms with Crippen LogP contribution in [0.2, 0.25) is 0 Å². The molecule has 3 nitrogen and oxygen atoms in total. The summed E-state index contributed by atoms with van der Waals surface area (Å²) in [7, 11) is 0. The van der Waals surface area contributed by atoms with Crippen molar-refractivity contribution in [1.29, 1.82) is 0 Å². The lowest BCUT2D eigenvalue weighted by atomic mass is 9.43. The van der Waals surface area contributed by atoms with Crippen LogP contribution >= 0.6 is 0 Å². The second-order valence-electron chi connectivity index (χ2n) is 20.8. The van der Waals surface area contributed by atoms with Gasteiger partial charge in [-0.1, -0.05) is 26.0 Å². The molecule has 3 heteroatoms. The van der Waals surface area contributed by atoms with Crippen LogP contribution < -0.4 is 0 Å². The van der Waals surface area contributed by atoms with Crippen molar-refractivity contribution >= 4 is 5.78 Å². The van der Waals surface area contributed by atoms with E-state index < -0.39 is 0 Å². The Hall–Kier alpha value is -0.670. The third-order valence-corrected chi connectivity index (χ3v) is 19.8. The van der Waals surface area contributed by atoms with Crippen molar-refractivity contribution in [2.24, 2.45) is 80.8 Å². The Balaban J connectivity index is 0.000000131. The number of carbonyl (C=O) groups is 1. The number of rotatable bonds is 0. The molecule has 48 heavy (non-hydrogen) atoms. The highest BCUT2D eigenvalue weighted by Crippen LogP contribution is 2.72. The Labute approximate surface area is 293 Å². The van der Waals surface area contributed by atoms with Crippen LogP contribution in [0.1, 0.15) is 168 Å². The van der Waals surface area contributed by atoms with E-state index in [0.29, 0.717) is 33.4 Å². The van der Waals surface area contributed by atoms with Crippen LogP contribution in [0.25, 0.3) is 0 Å². The normalized spacial score (nSPS) is 56.8. The first kappa shape index (κ1) is 33.2. The zero-order valence-electron chi connectivity index (χ0n) is 30.9. The number of allylic oxidation sites excluding steroid dienone is 1. The number of hydrogen-bond acceptors (Lipinski definition) is 3. The van der Waals surface area contributed by atoms with Crippen LogP contribution in [0.4, 0.5) is 0 Å². The zero-order valence-corrected chi connectivity index (χ0v) is 30.9. The Bertz CT molecular complexity index is 1180. The van der Waals surface area contributed by atoms with Gasteiger partial charge in [-0.25, -0.2) is 0 Å². The molecule has 10 aliphatic rings. The summed E-state index contributed by atoms with van der Waals surface area (Å²) in [6, 6.07) is 0. The van der Waals surface area contributed by atoms with Gasteiger partial charge in [0.05, 0.1) is 12.2 Å². The second-order valence-corrected chi connectivity index (χ2v) is 20.8. The van der Waals surface area contributed by atoms with E-state index in [1.165, 1.54) is 116 Å². The van der Waals surface area contributed by atoms with Crippen LogP contribution in [0.15, 0.2) is 12.2 Å². The molecule has 0 aromatic carbocycles. The molecule has 10 aliphatic carbocycles. The number of hydrogen-bond donors (Lipinski definition) is 2. The molecule has 0 aromatic heterocycles. The van der Waals surface area contributed by atoms with E-state index >= 15 is 0 Å². The first-order valence-electron chi connectivity index (χ1n) is 21.7. The summed E-state index contributed by atoms with van der Waals surface area (Å²) < 4.78 is 0. The summed E-state index contributed by atoms with van der Waals surface area (Å²) in [5.74, 6) is 9.00. The van der Waals surface area contributed by atoms with Crippen LogP contribution in [0, 0.1) is 80.8 Å². The molecule has 16 atom stereocenters. The van der Waals surface area contributed by atoms with Gasteiger partial charge in [0.1, 0.15) is 5.78 Å². The molecule has 0 radical (unpaired) electrons. The molecule has 0 saturated heterocycles. The molecule has 10 fully saturated rings. The van der Waals surface area contributed by atoms with Gasteiger partial charge in [0.15, 0.2) is 0 Å². The molecule has 6 unspecified atom stereocenters. The first-order chi connectivity index (χ1) is 23.1. The van der Waals surface area contributed by atoms with Gasteiger partial charge < -0.3 is 10.2 Å². The summed E-state index contributed by atoms with van der Waals surface area (Å²) in [6.45, 7) is 9.69. The van der Waals surface area contributed by atoms with Gasteiger partial charge in [-0.15, -0.1) is 0 Å². The van der Waals surface area contributed by atoms with Crippen LogP contribution in [-0.2, 0) is 4.79 Å². The minimum absolute atomic E-state index is 0.00733. The topological polar surface area (TPSA) is 57.5 Å². The van der Waals surface area contributed by atoms with Crippen molar-refractivity contribution in [3.63, 3.8) is 0 Å². The number of ketones is 1. The molecule has 2 N–H and O–H groups in total. The summed E-state index contributed by atoms with van der Waals surface area (Å²) in [5.41, 5.74) is 3.69. The molecule has 0 heterocycles. The maximum Gasteiger partial charge on any atom is 0.136 e. The van der Waals surface area contributed by atoms with Gasteiger partial charge >= 0.3 is 0 Å². The SMILES string of the molecule is C=C1CCC[C@]23CCC4C(CC[C@@H]5C[C@H](O)CC[C@]45C)C2CC[C@H]13.C[C@]12CC[C@@H](O)C[C@H]1CCC1C3CC[C@@H]4C(=O)CCC[C@]34CCC12. The van der Waals surface area contributed by atoms with Crippen molar-refractivity contribution in [3.05, 3.63) is 12.2 Å². The molecule has 10 rings (SSSR count). The molecular formula is C45H70O3. The molecule has 0 aromatic rings. The van der Waals surface area contributed by atoms with Gasteiger partial charge in [0.2, 0.25) is 0 Å². The maximum atomic E-state index is 12.6. The first-order valence-corrected chi connectivity index (χ1v) is 21.7. The van der Waals surface area contributed by atoms with E-state index in [1.54, 1.807) is 5.57 Å². The Morgan fingerprint density at radius 2 is 1.04 bits per heavy atom. The van der Waals surface area contributed by atoms with Crippen molar-refractivity contribution in [2.45, 2.75) is 180 Å². The number of aliphatic hydroxyl groups is 2. The van der Waals surface area contributed by atoms with Crippen LogP contribution in [0.5, 0.6) is 0 Å². The predicted octanol–water partition coefficient (Wildman–Crippen LogP) is 10.5. The number of Topliss-reactive ketones (excluding diaryl/α,β-unsaturated/α-hetero) is 1. The fraction of sp³-hybridized carbons (Fsp3) is 0.933. The lowest BCUT2D eigenvalue weighted by molar-refractivity contribution is -0.149. The number of carbonyl (C=O) groups excluding carboxylic acids is 1. The molecule has 2 spiro atoms. The third kappa shape index (κ3) is 4.72. The van der Waals surface area contributed by atoms with E-state index in [1.807, 2.05) is 0 Å². The zero-order chi connectivity index (χ0) is 33.1. The monoisotopic (exact) mass is 659 g/mol. The van der Waals surface area contributed by atoms with Gasteiger partial charge in [-0.3, -0.25) is 4.79 Å². The fourth-order valence-corrected chi connectivity index (χ4v) is 17.7. The van der Waals surface area contributed by atoms with Crippen molar-refractivity contribution in [2.75, 3.05) is 0 Å². The summed E-state index contributed by atoms with van der Waals surface area (Å²) in [5, 5.41) is 20.3. The van der Waals surface area contributed by atoms with Crippen molar-refractivity contribution in [1.82, 2.24) is 0 Å². The van der Waals surface area contributed by atoms with E-state index in [0.717, 1.165) is 91.8 Å². The average Bonchev–Trinajstić information content (AvgIpc) is 3.67. The molecular weight excluding hydrogens is 588 g/mol. The van der Waals surface area contributed by atoms with Crippen LogP contribution in [-0.4, -0.2) is 28.2 Å². The smallest absolute Gasteiger partial charge is 0.136 e. The molecule has 0 aliphatic heterocycles. The van der Waals surface area contributed by atoms with Crippen LogP contribution in [0.3, 0.4) is 0 Å². The standard InChI is InChI=1S/C23H36O.C22H34O2/c1-15-4-3-11-23-13-10-20-18(21(23)8-7-19(15)23)6-5-16-14-17(24)9-12-22(16,20)2;1-21-11-8-15(23)13-14(21)4-5-16-17(21)9-12-22-10-2-3-20(24)19(22)7-6-18(16)22/h16-21,24H,1,3-14H2,2H3;14-19,23H,2-13H2,1H3/t16-,17-,18?,19-,20?,21?,22+,23-;14-,15-,16?,17?,18?,19-,21+,22+/m11/s1. The van der Waals surface area contributed by atoms with E-state index in [-0.39, 0.29) is 12.2 Å². The van der Waals surface area contributed by atoms with Gasteiger partial charge in [0.25, 0.3) is 0 Å². The highest BCUT2D eigenvalue weighted by atomic mass is 16.3.